The smallest absolute Gasteiger partial charge is 0.348 e. The zero-order chi connectivity index (χ0) is 17.0. The fourth-order valence-electron chi connectivity index (χ4n) is 1.97. The minimum atomic E-state index is -0.797. The highest BCUT2D eigenvalue weighted by molar-refractivity contribution is 7.14. The number of carbonyl (C=O) groups excluding carboxylic acids is 3. The number of rotatable bonds is 4. The normalized spacial score (nSPS) is 10.0. The largest absolute Gasteiger partial charge is 0.465 e. The van der Waals surface area contributed by atoms with Crippen LogP contribution in [-0.2, 0) is 9.47 Å². The minimum Gasteiger partial charge on any atom is -0.465 e. The van der Waals surface area contributed by atoms with Crippen molar-refractivity contribution < 1.29 is 28.6 Å². The SMILES string of the molecule is COC(=O)c1sc(C)c(C(=O)Oc2ccccc2)c1C(=O)OC. The van der Waals surface area contributed by atoms with Crippen molar-refractivity contribution in [1.82, 2.24) is 0 Å². The number of thiophene rings is 1. The predicted octanol–water partition coefficient (Wildman–Crippen LogP) is 2.85. The molecule has 2 rings (SSSR count). The number of benzene rings is 1. The Labute approximate surface area is 136 Å². The molecule has 0 saturated heterocycles. The van der Waals surface area contributed by atoms with Crippen LogP contribution in [0.4, 0.5) is 0 Å². The van der Waals surface area contributed by atoms with Gasteiger partial charge in [-0.05, 0) is 19.1 Å². The lowest BCUT2D eigenvalue weighted by molar-refractivity contribution is 0.0554. The monoisotopic (exact) mass is 334 g/mol. The van der Waals surface area contributed by atoms with Gasteiger partial charge in [-0.25, -0.2) is 14.4 Å². The first-order chi connectivity index (χ1) is 11.0. The Morgan fingerprint density at radius 3 is 2.04 bits per heavy atom. The highest BCUT2D eigenvalue weighted by atomic mass is 32.1. The molecule has 2 aromatic rings. The van der Waals surface area contributed by atoms with Crippen LogP contribution < -0.4 is 4.74 Å². The van der Waals surface area contributed by atoms with Gasteiger partial charge >= 0.3 is 17.9 Å². The highest BCUT2D eigenvalue weighted by Crippen LogP contribution is 2.30. The molecule has 0 fully saturated rings. The number of hydrogen-bond acceptors (Lipinski definition) is 7. The molecule has 0 N–H and O–H groups in total. The van der Waals surface area contributed by atoms with Crippen molar-refractivity contribution in [3.8, 4) is 5.75 Å². The molecule has 0 aliphatic rings. The molecular formula is C16H14O6S. The quantitative estimate of drug-likeness (QED) is 0.632. The first-order valence-electron chi connectivity index (χ1n) is 6.56. The summed E-state index contributed by atoms with van der Waals surface area (Å²) in [6.07, 6.45) is 0. The predicted molar refractivity (Wildman–Crippen MR) is 83.1 cm³/mol. The van der Waals surface area contributed by atoms with Gasteiger partial charge in [0.15, 0.2) is 0 Å². The second-order valence-electron chi connectivity index (χ2n) is 4.42. The number of ether oxygens (including phenoxy) is 3. The second kappa shape index (κ2) is 7.06. The average molecular weight is 334 g/mol. The maximum atomic E-state index is 12.4. The molecule has 1 aromatic heterocycles. The Hall–Kier alpha value is -2.67. The molecule has 120 valence electrons. The summed E-state index contributed by atoms with van der Waals surface area (Å²) < 4.78 is 14.6. The van der Waals surface area contributed by atoms with Gasteiger partial charge in [0.2, 0.25) is 0 Å². The van der Waals surface area contributed by atoms with Gasteiger partial charge in [0, 0.05) is 4.88 Å². The fraction of sp³-hybridized carbons (Fsp3) is 0.188. The fourth-order valence-corrected chi connectivity index (χ4v) is 3.02. The number of esters is 3. The first kappa shape index (κ1) is 16.7. The summed E-state index contributed by atoms with van der Waals surface area (Å²) in [5.41, 5.74) is -0.131. The van der Waals surface area contributed by atoms with E-state index >= 15 is 0 Å². The van der Waals surface area contributed by atoms with Crippen molar-refractivity contribution in [2.45, 2.75) is 6.92 Å². The zero-order valence-electron chi connectivity index (χ0n) is 12.7. The third kappa shape index (κ3) is 3.40. The van der Waals surface area contributed by atoms with Crippen LogP contribution in [-0.4, -0.2) is 32.1 Å². The van der Waals surface area contributed by atoms with E-state index in [-0.39, 0.29) is 16.0 Å². The number of carbonyl (C=O) groups is 3. The van der Waals surface area contributed by atoms with E-state index in [0.717, 1.165) is 11.3 Å². The molecule has 1 heterocycles. The van der Waals surface area contributed by atoms with Crippen molar-refractivity contribution in [2.75, 3.05) is 14.2 Å². The van der Waals surface area contributed by atoms with Crippen LogP contribution in [0.3, 0.4) is 0 Å². The van der Waals surface area contributed by atoms with Crippen molar-refractivity contribution in [2.24, 2.45) is 0 Å². The van der Waals surface area contributed by atoms with E-state index < -0.39 is 17.9 Å². The summed E-state index contributed by atoms with van der Waals surface area (Å²) in [7, 11) is 2.36. The van der Waals surface area contributed by atoms with Crippen LogP contribution >= 0.6 is 11.3 Å². The van der Waals surface area contributed by atoms with Crippen molar-refractivity contribution >= 4 is 29.2 Å². The molecule has 0 saturated carbocycles. The summed E-state index contributed by atoms with van der Waals surface area (Å²) in [5, 5.41) is 0. The molecule has 1 aromatic carbocycles. The van der Waals surface area contributed by atoms with Crippen LogP contribution in [0.25, 0.3) is 0 Å². The Bertz CT molecular complexity index is 747. The van der Waals surface area contributed by atoms with E-state index in [1.807, 2.05) is 0 Å². The van der Waals surface area contributed by atoms with Crippen LogP contribution in [0.2, 0.25) is 0 Å². The average Bonchev–Trinajstić information content (AvgIpc) is 2.91. The van der Waals surface area contributed by atoms with Crippen LogP contribution in [0.1, 0.15) is 35.3 Å². The molecule has 0 amide bonds. The minimum absolute atomic E-state index is 0.00565. The summed E-state index contributed by atoms with van der Waals surface area (Å²) in [4.78, 5) is 36.7. The number of hydrogen-bond donors (Lipinski definition) is 0. The summed E-state index contributed by atoms with van der Waals surface area (Å²) >= 11 is 0.980. The van der Waals surface area contributed by atoms with E-state index in [9.17, 15) is 14.4 Å². The lowest BCUT2D eigenvalue weighted by Crippen LogP contribution is -2.17. The van der Waals surface area contributed by atoms with E-state index in [2.05, 4.69) is 9.47 Å². The summed E-state index contributed by atoms with van der Waals surface area (Å²) in [6.45, 7) is 1.62. The van der Waals surface area contributed by atoms with E-state index in [1.165, 1.54) is 14.2 Å². The van der Waals surface area contributed by atoms with Gasteiger partial charge in [-0.3, -0.25) is 0 Å². The van der Waals surface area contributed by atoms with E-state index in [1.54, 1.807) is 37.3 Å². The molecule has 0 aliphatic heterocycles. The standard InChI is InChI=1S/C16H14O6S/c1-9-11(15(18)22-10-7-5-4-6-8-10)12(14(17)20-2)13(23-9)16(19)21-3/h4-8H,1-3H3. The van der Waals surface area contributed by atoms with Gasteiger partial charge < -0.3 is 14.2 Å². The van der Waals surface area contributed by atoms with Gasteiger partial charge in [0.05, 0.1) is 25.3 Å². The molecule has 6 nitrogen and oxygen atoms in total. The maximum absolute atomic E-state index is 12.4. The van der Waals surface area contributed by atoms with Gasteiger partial charge in [-0.1, -0.05) is 18.2 Å². The lowest BCUT2D eigenvalue weighted by atomic mass is 10.1. The molecule has 0 radical (unpaired) electrons. The van der Waals surface area contributed by atoms with Crippen molar-refractivity contribution in [3.05, 3.63) is 51.2 Å². The van der Waals surface area contributed by atoms with Crippen LogP contribution in [0.5, 0.6) is 5.75 Å². The zero-order valence-corrected chi connectivity index (χ0v) is 13.6. The summed E-state index contributed by atoms with van der Waals surface area (Å²) in [5.74, 6) is -1.91. The molecule has 0 aliphatic carbocycles. The van der Waals surface area contributed by atoms with Gasteiger partial charge in [-0.2, -0.15) is 0 Å². The molecule has 0 bridgehead atoms. The number of para-hydroxylation sites is 1. The van der Waals surface area contributed by atoms with Gasteiger partial charge in [0.25, 0.3) is 0 Å². The van der Waals surface area contributed by atoms with Gasteiger partial charge in [-0.15, -0.1) is 11.3 Å². The molecule has 0 spiro atoms. The van der Waals surface area contributed by atoms with E-state index in [4.69, 9.17) is 4.74 Å². The van der Waals surface area contributed by atoms with Crippen LogP contribution in [0.15, 0.2) is 30.3 Å². The topological polar surface area (TPSA) is 78.9 Å². The maximum Gasteiger partial charge on any atom is 0.348 e. The Morgan fingerprint density at radius 2 is 1.48 bits per heavy atom. The molecule has 23 heavy (non-hydrogen) atoms. The molecule has 0 atom stereocenters. The molecule has 0 unspecified atom stereocenters. The Balaban J connectivity index is 2.48. The van der Waals surface area contributed by atoms with Crippen molar-refractivity contribution in [3.63, 3.8) is 0 Å². The number of aryl methyl sites for hydroxylation is 1. The third-order valence-electron chi connectivity index (χ3n) is 3.00. The Morgan fingerprint density at radius 1 is 0.870 bits per heavy atom. The first-order valence-corrected chi connectivity index (χ1v) is 7.38. The number of methoxy groups -OCH3 is 2. The molecule has 7 heteroatoms. The van der Waals surface area contributed by atoms with Crippen molar-refractivity contribution in [1.29, 1.82) is 0 Å². The van der Waals surface area contributed by atoms with E-state index in [0.29, 0.717) is 10.6 Å². The van der Waals surface area contributed by atoms with Crippen LogP contribution in [0, 0.1) is 6.92 Å². The highest BCUT2D eigenvalue weighted by Gasteiger charge is 2.32. The third-order valence-corrected chi connectivity index (χ3v) is 4.09. The lowest BCUT2D eigenvalue weighted by Gasteiger charge is -2.06. The molecular weight excluding hydrogens is 320 g/mol. The Kier molecular flexibility index (Phi) is 5.13. The second-order valence-corrected chi connectivity index (χ2v) is 5.65. The summed E-state index contributed by atoms with van der Waals surface area (Å²) in [6, 6.07) is 8.42. The van der Waals surface area contributed by atoms with Gasteiger partial charge in [0.1, 0.15) is 10.6 Å².